The Morgan fingerprint density at radius 1 is 1.03 bits per heavy atom. The lowest BCUT2D eigenvalue weighted by Crippen LogP contribution is -2.37. The van der Waals surface area contributed by atoms with E-state index in [1.807, 2.05) is 49.4 Å². The summed E-state index contributed by atoms with van der Waals surface area (Å²) in [5.74, 6) is 0.360. The van der Waals surface area contributed by atoms with Crippen molar-refractivity contribution < 1.29 is 0 Å². The molecule has 4 rings (SSSR count). The maximum atomic E-state index is 12.9. The number of rotatable bonds is 5. The lowest BCUT2D eigenvalue weighted by Gasteiger charge is -2.10. The van der Waals surface area contributed by atoms with Gasteiger partial charge in [-0.3, -0.25) is 18.5 Å². The summed E-state index contributed by atoms with van der Waals surface area (Å²) in [7, 11) is 3.04. The van der Waals surface area contributed by atoms with Gasteiger partial charge in [-0.05, 0) is 30.2 Å². The van der Waals surface area contributed by atoms with Crippen LogP contribution in [-0.4, -0.2) is 24.4 Å². The number of halogens is 1. The van der Waals surface area contributed by atoms with E-state index in [-0.39, 0.29) is 5.65 Å². The highest BCUT2D eigenvalue weighted by atomic mass is 35.5. The van der Waals surface area contributed by atoms with E-state index in [0.29, 0.717) is 23.0 Å². The van der Waals surface area contributed by atoms with Crippen LogP contribution in [0.4, 0.5) is 5.95 Å². The number of anilines is 1. The van der Waals surface area contributed by atoms with E-state index in [1.165, 1.54) is 11.6 Å². The molecule has 0 aliphatic rings. The minimum Gasteiger partial charge on any atom is -0.298 e. The number of hydrogen-bond acceptors (Lipinski definition) is 5. The smallest absolute Gasteiger partial charge is 0.298 e. The molecule has 0 atom stereocenters. The molecular formula is C22H21ClN6O2. The number of aromatic nitrogens is 4. The van der Waals surface area contributed by atoms with Crippen molar-refractivity contribution in [1.29, 1.82) is 0 Å². The highest BCUT2D eigenvalue weighted by Gasteiger charge is 2.19. The van der Waals surface area contributed by atoms with Crippen molar-refractivity contribution in [2.45, 2.75) is 13.5 Å². The van der Waals surface area contributed by atoms with Crippen molar-refractivity contribution in [3.8, 4) is 0 Å². The van der Waals surface area contributed by atoms with Gasteiger partial charge in [0.05, 0.1) is 12.3 Å². The van der Waals surface area contributed by atoms with E-state index >= 15 is 0 Å². The topological polar surface area (TPSA) is 86.2 Å². The molecule has 2 heterocycles. The second-order valence-electron chi connectivity index (χ2n) is 7.20. The Bertz CT molecular complexity index is 1400. The van der Waals surface area contributed by atoms with Gasteiger partial charge in [0, 0.05) is 19.1 Å². The first-order valence-corrected chi connectivity index (χ1v) is 10.0. The molecule has 4 aromatic rings. The third kappa shape index (κ3) is 3.89. The number of fused-ring (bicyclic) bond motifs is 1. The van der Waals surface area contributed by atoms with Crippen molar-refractivity contribution in [2.24, 2.45) is 19.2 Å². The van der Waals surface area contributed by atoms with Gasteiger partial charge in [0.15, 0.2) is 11.2 Å². The zero-order chi connectivity index (χ0) is 22.1. The average molecular weight is 437 g/mol. The molecule has 0 bridgehead atoms. The number of hydrazone groups is 1. The lowest BCUT2D eigenvalue weighted by molar-refractivity contribution is 0.702. The van der Waals surface area contributed by atoms with Gasteiger partial charge in [0.25, 0.3) is 5.56 Å². The molecule has 0 spiro atoms. The summed E-state index contributed by atoms with van der Waals surface area (Å²) in [6.45, 7) is 2.23. The Hall–Kier alpha value is -3.65. The van der Waals surface area contributed by atoms with Crippen molar-refractivity contribution in [3.63, 3.8) is 0 Å². The van der Waals surface area contributed by atoms with Crippen molar-refractivity contribution >= 4 is 34.4 Å². The third-order valence-corrected chi connectivity index (χ3v) is 5.37. The fourth-order valence-corrected chi connectivity index (χ4v) is 3.46. The summed E-state index contributed by atoms with van der Waals surface area (Å²) in [4.78, 5) is 29.9. The van der Waals surface area contributed by atoms with Gasteiger partial charge >= 0.3 is 5.69 Å². The molecular weight excluding hydrogens is 416 g/mol. The molecule has 8 nitrogen and oxygen atoms in total. The van der Waals surface area contributed by atoms with E-state index in [4.69, 9.17) is 11.6 Å². The van der Waals surface area contributed by atoms with Gasteiger partial charge in [-0.2, -0.15) is 10.1 Å². The third-order valence-electron chi connectivity index (χ3n) is 5.12. The standard InChI is InChI=1S/C22H21ClN6O2/c1-14(16-7-5-4-6-8-16)25-26-21-24-19-18(20(30)28(3)22(31)27(19)2)29(21)13-15-9-11-17(23)12-10-15/h4-12H,13H2,1-3H3,(H,24,26). The van der Waals surface area contributed by atoms with Crippen LogP contribution in [0.15, 0.2) is 69.3 Å². The molecule has 0 saturated heterocycles. The molecule has 0 fully saturated rings. The largest absolute Gasteiger partial charge is 0.332 e. The van der Waals surface area contributed by atoms with Crippen molar-refractivity contribution in [2.75, 3.05) is 5.43 Å². The van der Waals surface area contributed by atoms with Crippen LogP contribution in [0, 0.1) is 0 Å². The monoisotopic (exact) mass is 436 g/mol. The molecule has 0 unspecified atom stereocenters. The van der Waals surface area contributed by atoms with E-state index in [1.54, 1.807) is 23.7 Å². The maximum Gasteiger partial charge on any atom is 0.332 e. The number of nitrogens with one attached hydrogen (secondary N) is 1. The van der Waals surface area contributed by atoms with Crippen LogP contribution in [-0.2, 0) is 20.6 Å². The second kappa shape index (κ2) is 8.23. The summed E-state index contributed by atoms with van der Waals surface area (Å²) >= 11 is 6.01. The average Bonchev–Trinajstić information content (AvgIpc) is 3.15. The fourth-order valence-electron chi connectivity index (χ4n) is 3.34. The molecule has 0 radical (unpaired) electrons. The zero-order valence-corrected chi connectivity index (χ0v) is 18.1. The van der Waals surface area contributed by atoms with Crippen LogP contribution >= 0.6 is 11.6 Å². The second-order valence-corrected chi connectivity index (χ2v) is 7.64. The number of imidazole rings is 1. The highest BCUT2D eigenvalue weighted by Crippen LogP contribution is 2.19. The number of hydrogen-bond donors (Lipinski definition) is 1. The molecule has 0 amide bonds. The molecule has 0 saturated carbocycles. The van der Waals surface area contributed by atoms with Crippen LogP contribution in [0.1, 0.15) is 18.1 Å². The Morgan fingerprint density at radius 2 is 1.71 bits per heavy atom. The highest BCUT2D eigenvalue weighted by molar-refractivity contribution is 6.30. The van der Waals surface area contributed by atoms with Gasteiger partial charge in [-0.15, -0.1) is 0 Å². The van der Waals surface area contributed by atoms with Crippen molar-refractivity contribution in [1.82, 2.24) is 18.7 Å². The predicted molar refractivity (Wildman–Crippen MR) is 123 cm³/mol. The summed E-state index contributed by atoms with van der Waals surface area (Å²) < 4.78 is 4.15. The van der Waals surface area contributed by atoms with Gasteiger partial charge in [-0.1, -0.05) is 54.1 Å². The molecule has 0 aliphatic carbocycles. The Balaban J connectivity index is 1.86. The SMILES string of the molecule is CC(=NNc1nc2c(c(=O)n(C)c(=O)n2C)n1Cc1ccc(Cl)cc1)c1ccccc1. The molecule has 1 N–H and O–H groups in total. The molecule has 31 heavy (non-hydrogen) atoms. The van der Waals surface area contributed by atoms with Crippen LogP contribution in [0.25, 0.3) is 11.2 Å². The molecule has 2 aromatic heterocycles. The maximum absolute atomic E-state index is 12.9. The summed E-state index contributed by atoms with van der Waals surface area (Å²) in [6, 6.07) is 17.0. The Labute approximate surface area is 183 Å². The summed E-state index contributed by atoms with van der Waals surface area (Å²) in [6.07, 6.45) is 0. The summed E-state index contributed by atoms with van der Waals surface area (Å²) in [5.41, 5.74) is 5.36. The first kappa shape index (κ1) is 20.6. The first-order valence-electron chi connectivity index (χ1n) is 9.63. The zero-order valence-electron chi connectivity index (χ0n) is 17.3. The van der Waals surface area contributed by atoms with Gasteiger partial charge in [-0.25, -0.2) is 10.2 Å². The van der Waals surface area contributed by atoms with E-state index in [0.717, 1.165) is 21.4 Å². The first-order chi connectivity index (χ1) is 14.9. The predicted octanol–water partition coefficient (Wildman–Crippen LogP) is 2.97. The molecule has 2 aromatic carbocycles. The Kier molecular flexibility index (Phi) is 5.48. The summed E-state index contributed by atoms with van der Waals surface area (Å²) in [5, 5.41) is 5.07. The minimum atomic E-state index is -0.441. The molecule has 9 heteroatoms. The van der Waals surface area contributed by atoms with Crippen LogP contribution in [0.2, 0.25) is 5.02 Å². The van der Waals surface area contributed by atoms with Gasteiger partial charge in [0.2, 0.25) is 5.95 Å². The van der Waals surface area contributed by atoms with Crippen LogP contribution in [0.3, 0.4) is 0 Å². The molecule has 0 aliphatic heterocycles. The fraction of sp³-hybridized carbons (Fsp3) is 0.182. The van der Waals surface area contributed by atoms with E-state index in [9.17, 15) is 9.59 Å². The van der Waals surface area contributed by atoms with Gasteiger partial charge in [0.1, 0.15) is 0 Å². The van der Waals surface area contributed by atoms with Crippen LogP contribution in [0.5, 0.6) is 0 Å². The quantitative estimate of drug-likeness (QED) is 0.385. The van der Waals surface area contributed by atoms with E-state index < -0.39 is 11.2 Å². The van der Waals surface area contributed by atoms with Crippen molar-refractivity contribution in [3.05, 3.63) is 91.6 Å². The molecule has 158 valence electrons. The normalized spacial score (nSPS) is 11.8. The lowest BCUT2D eigenvalue weighted by atomic mass is 10.1. The van der Waals surface area contributed by atoms with Crippen LogP contribution < -0.4 is 16.7 Å². The van der Waals surface area contributed by atoms with Gasteiger partial charge < -0.3 is 0 Å². The minimum absolute atomic E-state index is 0.289. The van der Waals surface area contributed by atoms with E-state index in [2.05, 4.69) is 15.5 Å². The number of benzene rings is 2. The number of aryl methyl sites for hydroxylation is 1. The Morgan fingerprint density at radius 3 is 2.39 bits per heavy atom. The number of nitrogens with zero attached hydrogens (tertiary/aromatic N) is 5.